The lowest BCUT2D eigenvalue weighted by atomic mass is 9.70. The number of hydrogen-bond donors (Lipinski definition) is 0. The van der Waals surface area contributed by atoms with E-state index in [2.05, 4.69) is 226 Å². The van der Waals surface area contributed by atoms with E-state index in [0.717, 1.165) is 39.0 Å². The van der Waals surface area contributed by atoms with Crippen LogP contribution in [0, 0.1) is 0 Å². The molecule has 2 heteroatoms. The topological polar surface area (TPSA) is 16.4 Å². The Bertz CT molecular complexity index is 3740. The quantitative estimate of drug-likeness (QED) is 0.166. The second-order valence-corrected chi connectivity index (χ2v) is 18.3. The fourth-order valence-corrected chi connectivity index (χ4v) is 12.1. The highest BCUT2D eigenvalue weighted by Gasteiger charge is 2.52. The van der Waals surface area contributed by atoms with Gasteiger partial charge in [-0.25, -0.2) is 0 Å². The first-order chi connectivity index (χ1) is 31.9. The van der Waals surface area contributed by atoms with Crippen LogP contribution in [0.25, 0.3) is 71.7 Å². The highest BCUT2D eigenvalue weighted by molar-refractivity contribution is 6.08. The van der Waals surface area contributed by atoms with Crippen molar-refractivity contribution in [3.05, 3.63) is 252 Å². The van der Waals surface area contributed by atoms with E-state index in [0.29, 0.717) is 0 Å². The van der Waals surface area contributed by atoms with Gasteiger partial charge in [-0.15, -0.1) is 0 Å². The molecule has 0 aliphatic heterocycles. The van der Waals surface area contributed by atoms with E-state index < -0.39 is 5.41 Å². The van der Waals surface area contributed by atoms with Gasteiger partial charge in [-0.1, -0.05) is 178 Å². The highest BCUT2D eigenvalue weighted by atomic mass is 16.3. The van der Waals surface area contributed by atoms with E-state index in [1.165, 1.54) is 88.7 Å². The molecule has 65 heavy (non-hydrogen) atoms. The number of allylic oxidation sites excluding steroid dienone is 5. The molecule has 1 spiro atoms. The Hall–Kier alpha value is -7.94. The number of hydrogen-bond acceptors (Lipinski definition) is 2. The number of anilines is 3. The average Bonchev–Trinajstić information content (AvgIpc) is 4.03. The third-order valence-corrected chi connectivity index (χ3v) is 14.8. The fraction of sp³-hybridized carbons (Fsp3) is 0.0794. The molecule has 0 saturated heterocycles. The Morgan fingerprint density at radius 3 is 1.92 bits per heavy atom. The molecule has 3 aliphatic rings. The Morgan fingerprint density at radius 2 is 1.11 bits per heavy atom. The molecule has 0 radical (unpaired) electrons. The van der Waals surface area contributed by atoms with Crippen molar-refractivity contribution in [3.8, 4) is 33.4 Å². The van der Waals surface area contributed by atoms with Crippen molar-refractivity contribution in [1.82, 2.24) is 0 Å². The zero-order valence-electron chi connectivity index (χ0n) is 36.7. The van der Waals surface area contributed by atoms with Crippen LogP contribution in [0.15, 0.2) is 223 Å². The number of benzene rings is 9. The van der Waals surface area contributed by atoms with Crippen LogP contribution < -0.4 is 4.90 Å². The smallest absolute Gasteiger partial charge is 0.137 e. The number of nitrogens with zero attached hydrogens (tertiary/aromatic N) is 1. The summed E-state index contributed by atoms with van der Waals surface area (Å²) in [5.41, 5.74) is 22.3. The van der Waals surface area contributed by atoms with Gasteiger partial charge in [-0.05, 0) is 138 Å². The zero-order valence-corrected chi connectivity index (χ0v) is 36.7. The van der Waals surface area contributed by atoms with E-state index in [-0.39, 0.29) is 5.41 Å². The van der Waals surface area contributed by atoms with Gasteiger partial charge in [0.1, 0.15) is 11.2 Å². The van der Waals surface area contributed by atoms with E-state index in [9.17, 15) is 0 Å². The minimum absolute atomic E-state index is 0.226. The van der Waals surface area contributed by atoms with Gasteiger partial charge in [0.2, 0.25) is 0 Å². The molecular weight excluding hydrogens is 787 g/mol. The summed E-state index contributed by atoms with van der Waals surface area (Å²) in [4.78, 5) is 2.40. The van der Waals surface area contributed by atoms with Crippen LogP contribution in [0.1, 0.15) is 54.2 Å². The maximum Gasteiger partial charge on any atom is 0.137 e. The Balaban J connectivity index is 1.03. The Labute approximate surface area is 379 Å². The predicted molar refractivity (Wildman–Crippen MR) is 273 cm³/mol. The van der Waals surface area contributed by atoms with Crippen LogP contribution in [0.3, 0.4) is 0 Å². The van der Waals surface area contributed by atoms with Crippen LogP contribution in [0.2, 0.25) is 0 Å². The molecule has 3 aliphatic carbocycles. The lowest BCUT2D eigenvalue weighted by molar-refractivity contribution is 0.654. The molecule has 2 nitrogen and oxygen atoms in total. The average molecular weight is 832 g/mol. The van der Waals surface area contributed by atoms with Gasteiger partial charge in [0.05, 0.1) is 5.41 Å². The molecule has 308 valence electrons. The number of para-hydroxylation sites is 1. The summed E-state index contributed by atoms with van der Waals surface area (Å²) in [7, 11) is 0. The molecule has 10 aromatic rings. The second kappa shape index (κ2) is 13.8. The Kier molecular flexibility index (Phi) is 7.97. The summed E-state index contributed by atoms with van der Waals surface area (Å²) in [5, 5.41) is 4.80. The number of rotatable bonds is 6. The van der Waals surface area contributed by atoms with Gasteiger partial charge >= 0.3 is 0 Å². The minimum Gasteiger partial charge on any atom is -0.456 e. The molecule has 9 aromatic carbocycles. The molecule has 0 bridgehead atoms. The molecule has 1 aromatic heterocycles. The van der Waals surface area contributed by atoms with E-state index >= 15 is 0 Å². The standard InChI is InChI=1S/C63H45NO/c1-5-17-46-47-33-31-42(37-57(47)62(3,4)52(46)6-2)64(43-32-34-49-48-22-11-14-29-58(48)65-59(49)38-43)41-20-15-19-40(36-41)45-25-16-28-55-61(45)51-24-10-13-27-54(51)63(55)53-26-12-9-23-50(53)60-44-21-8-7-18-39(44)30-35-56(60)63/h5-38H,2H2,1,3-4H3/b17-5-. The molecule has 1 atom stereocenters. The lowest BCUT2D eigenvalue weighted by Crippen LogP contribution is -2.25. The number of furan rings is 1. The van der Waals surface area contributed by atoms with Gasteiger partial charge in [0.25, 0.3) is 0 Å². The van der Waals surface area contributed by atoms with Crippen molar-refractivity contribution >= 4 is 55.3 Å². The maximum absolute atomic E-state index is 6.54. The van der Waals surface area contributed by atoms with E-state index in [1.807, 2.05) is 12.1 Å². The SMILES string of the molecule is C=CC1=C(/C=C\C)c2ccc(N(c3cccc(-c4cccc5c4-c4ccccc4C54c5ccccc5-c5c4ccc4ccccc54)c3)c3ccc4c(c3)oc3ccccc34)cc2C1(C)C. The Morgan fingerprint density at radius 1 is 0.477 bits per heavy atom. The van der Waals surface area contributed by atoms with E-state index in [1.54, 1.807) is 0 Å². The monoisotopic (exact) mass is 831 g/mol. The van der Waals surface area contributed by atoms with Gasteiger partial charge in [0.15, 0.2) is 0 Å². The lowest BCUT2D eigenvalue weighted by Gasteiger charge is -2.30. The summed E-state index contributed by atoms with van der Waals surface area (Å²) in [6.45, 7) is 11.0. The summed E-state index contributed by atoms with van der Waals surface area (Å²) in [5.74, 6) is 0. The summed E-state index contributed by atoms with van der Waals surface area (Å²) in [6.07, 6.45) is 6.40. The largest absolute Gasteiger partial charge is 0.456 e. The molecule has 13 rings (SSSR count). The van der Waals surface area contributed by atoms with Crippen molar-refractivity contribution in [1.29, 1.82) is 0 Å². The van der Waals surface area contributed by atoms with Crippen molar-refractivity contribution in [3.63, 3.8) is 0 Å². The van der Waals surface area contributed by atoms with E-state index in [4.69, 9.17) is 4.42 Å². The fourth-order valence-electron chi connectivity index (χ4n) is 12.1. The van der Waals surface area contributed by atoms with Gasteiger partial charge < -0.3 is 9.32 Å². The van der Waals surface area contributed by atoms with Gasteiger partial charge in [0, 0.05) is 39.3 Å². The van der Waals surface area contributed by atoms with Crippen LogP contribution in [-0.2, 0) is 10.8 Å². The molecule has 1 unspecified atom stereocenters. The minimum atomic E-state index is -0.453. The van der Waals surface area contributed by atoms with Crippen molar-refractivity contribution in [2.24, 2.45) is 0 Å². The van der Waals surface area contributed by atoms with Crippen molar-refractivity contribution in [2.75, 3.05) is 4.90 Å². The maximum atomic E-state index is 6.54. The highest BCUT2D eigenvalue weighted by Crippen LogP contribution is 2.65. The van der Waals surface area contributed by atoms with Crippen LogP contribution >= 0.6 is 0 Å². The summed E-state index contributed by atoms with van der Waals surface area (Å²) >= 11 is 0. The molecular formula is C63H45NO. The summed E-state index contributed by atoms with van der Waals surface area (Å²) < 4.78 is 6.54. The summed E-state index contributed by atoms with van der Waals surface area (Å²) in [6, 6.07) is 69.9. The van der Waals surface area contributed by atoms with Gasteiger partial charge in [-0.2, -0.15) is 0 Å². The molecule has 0 fully saturated rings. The van der Waals surface area contributed by atoms with Crippen LogP contribution in [0.5, 0.6) is 0 Å². The first-order valence-corrected chi connectivity index (χ1v) is 22.7. The first-order valence-electron chi connectivity index (χ1n) is 22.7. The molecule has 0 saturated carbocycles. The van der Waals surface area contributed by atoms with Crippen molar-refractivity contribution in [2.45, 2.75) is 31.6 Å². The third-order valence-electron chi connectivity index (χ3n) is 14.8. The predicted octanol–water partition coefficient (Wildman–Crippen LogP) is 17.0. The molecule has 0 amide bonds. The zero-order chi connectivity index (χ0) is 43.6. The first kappa shape index (κ1) is 37.6. The second-order valence-electron chi connectivity index (χ2n) is 18.3. The third kappa shape index (κ3) is 5.05. The van der Waals surface area contributed by atoms with Crippen molar-refractivity contribution < 1.29 is 4.42 Å². The molecule has 1 heterocycles. The molecule has 0 N–H and O–H groups in total. The normalized spacial score (nSPS) is 16.4. The van der Waals surface area contributed by atoms with Gasteiger partial charge in [-0.3, -0.25) is 0 Å². The van der Waals surface area contributed by atoms with Crippen LogP contribution in [-0.4, -0.2) is 0 Å². The van der Waals surface area contributed by atoms with Crippen LogP contribution in [0.4, 0.5) is 17.1 Å². The number of fused-ring (bicyclic) bond motifs is 16.